The van der Waals surface area contributed by atoms with Crippen molar-refractivity contribution in [3.63, 3.8) is 0 Å². The number of carbonyl (C=O) groups excluding carboxylic acids is 1. The standard InChI is InChI=1S/C27H32N4O2/c1-3-33-24-13-11-22(12-14-24)18-31-15-7-10-23(19-31)26-28-17-25(20(2)30-26)27(32)29-16-21-8-5-4-6-9-21/h4-6,8-9,11-14,17,23H,3,7,10,15-16,18-19H2,1-2H3,(H,29,32)/t23-/m0/s1. The fourth-order valence-corrected chi connectivity index (χ4v) is 4.30. The highest BCUT2D eigenvalue weighted by Gasteiger charge is 2.24. The van der Waals surface area contributed by atoms with E-state index in [9.17, 15) is 4.79 Å². The number of aromatic nitrogens is 2. The number of hydrogen-bond acceptors (Lipinski definition) is 5. The van der Waals surface area contributed by atoms with Crippen LogP contribution in [-0.2, 0) is 13.1 Å². The molecule has 1 fully saturated rings. The Labute approximate surface area is 196 Å². The lowest BCUT2D eigenvalue weighted by atomic mass is 9.96. The molecule has 2 heterocycles. The third-order valence-electron chi connectivity index (χ3n) is 6.05. The maximum absolute atomic E-state index is 12.6. The molecule has 4 rings (SSSR count). The van der Waals surface area contributed by atoms with Gasteiger partial charge in [0.15, 0.2) is 0 Å². The number of nitrogens with one attached hydrogen (secondary N) is 1. The van der Waals surface area contributed by atoms with Gasteiger partial charge in [-0.15, -0.1) is 0 Å². The maximum Gasteiger partial charge on any atom is 0.254 e. The van der Waals surface area contributed by atoms with Gasteiger partial charge in [0.05, 0.1) is 17.9 Å². The third kappa shape index (κ3) is 6.17. The molecule has 0 unspecified atom stereocenters. The van der Waals surface area contributed by atoms with E-state index in [4.69, 9.17) is 9.72 Å². The van der Waals surface area contributed by atoms with Gasteiger partial charge in [-0.2, -0.15) is 0 Å². The van der Waals surface area contributed by atoms with Gasteiger partial charge in [-0.25, -0.2) is 9.97 Å². The molecule has 1 N–H and O–H groups in total. The van der Waals surface area contributed by atoms with E-state index in [1.807, 2.05) is 56.3 Å². The summed E-state index contributed by atoms with van der Waals surface area (Å²) >= 11 is 0. The zero-order chi connectivity index (χ0) is 23.0. The highest BCUT2D eigenvalue weighted by molar-refractivity contribution is 5.94. The zero-order valence-electron chi connectivity index (χ0n) is 19.5. The van der Waals surface area contributed by atoms with Gasteiger partial charge < -0.3 is 10.1 Å². The van der Waals surface area contributed by atoms with Crippen LogP contribution >= 0.6 is 0 Å². The number of hydrogen-bond donors (Lipinski definition) is 1. The monoisotopic (exact) mass is 444 g/mol. The summed E-state index contributed by atoms with van der Waals surface area (Å²) in [6, 6.07) is 18.2. The number of rotatable bonds is 8. The molecule has 172 valence electrons. The topological polar surface area (TPSA) is 67.3 Å². The second kappa shape index (κ2) is 11.1. The second-order valence-corrected chi connectivity index (χ2v) is 8.55. The molecule has 1 atom stereocenters. The normalized spacial score (nSPS) is 16.4. The third-order valence-corrected chi connectivity index (χ3v) is 6.05. The van der Waals surface area contributed by atoms with Gasteiger partial charge in [0, 0.05) is 31.7 Å². The van der Waals surface area contributed by atoms with E-state index in [1.54, 1.807) is 6.20 Å². The fourth-order valence-electron chi connectivity index (χ4n) is 4.30. The Balaban J connectivity index is 1.36. The van der Waals surface area contributed by atoms with Crippen LogP contribution in [0, 0.1) is 6.92 Å². The first-order valence-electron chi connectivity index (χ1n) is 11.7. The Bertz CT molecular complexity index is 1050. The lowest BCUT2D eigenvalue weighted by molar-refractivity contribution is 0.0949. The van der Waals surface area contributed by atoms with Crippen molar-refractivity contribution in [2.75, 3.05) is 19.7 Å². The lowest BCUT2D eigenvalue weighted by Gasteiger charge is -2.32. The van der Waals surface area contributed by atoms with E-state index >= 15 is 0 Å². The number of amides is 1. The lowest BCUT2D eigenvalue weighted by Crippen LogP contribution is -2.34. The fraction of sp³-hybridized carbons (Fsp3) is 0.370. The van der Waals surface area contributed by atoms with E-state index in [0.717, 1.165) is 55.3 Å². The van der Waals surface area contributed by atoms with Crippen LogP contribution in [0.15, 0.2) is 60.8 Å². The molecule has 33 heavy (non-hydrogen) atoms. The number of carbonyl (C=O) groups is 1. The Hall–Kier alpha value is -3.25. The van der Waals surface area contributed by atoms with Crippen LogP contribution in [0.25, 0.3) is 0 Å². The van der Waals surface area contributed by atoms with Crippen molar-refractivity contribution < 1.29 is 9.53 Å². The van der Waals surface area contributed by atoms with E-state index in [2.05, 4.69) is 27.3 Å². The van der Waals surface area contributed by atoms with Crippen LogP contribution in [0.3, 0.4) is 0 Å². The maximum atomic E-state index is 12.6. The molecule has 1 amide bonds. The van der Waals surface area contributed by atoms with Crippen LogP contribution in [0.2, 0.25) is 0 Å². The van der Waals surface area contributed by atoms with Crippen molar-refractivity contribution in [1.82, 2.24) is 20.2 Å². The largest absolute Gasteiger partial charge is 0.494 e. The highest BCUT2D eigenvalue weighted by Crippen LogP contribution is 2.26. The van der Waals surface area contributed by atoms with Crippen LogP contribution in [0.4, 0.5) is 0 Å². The summed E-state index contributed by atoms with van der Waals surface area (Å²) in [6.07, 6.45) is 3.87. The van der Waals surface area contributed by atoms with Crippen LogP contribution < -0.4 is 10.1 Å². The van der Waals surface area contributed by atoms with E-state index in [-0.39, 0.29) is 11.8 Å². The summed E-state index contributed by atoms with van der Waals surface area (Å²) in [4.78, 5) is 24.4. The van der Waals surface area contributed by atoms with Gasteiger partial charge in [0.25, 0.3) is 5.91 Å². The summed E-state index contributed by atoms with van der Waals surface area (Å²) in [7, 11) is 0. The molecular formula is C27H32N4O2. The Morgan fingerprint density at radius 1 is 1.12 bits per heavy atom. The van der Waals surface area contributed by atoms with Crippen molar-refractivity contribution in [3.8, 4) is 5.75 Å². The minimum absolute atomic E-state index is 0.135. The van der Waals surface area contributed by atoms with Gasteiger partial charge in [0.1, 0.15) is 11.6 Å². The highest BCUT2D eigenvalue weighted by atomic mass is 16.5. The quantitative estimate of drug-likeness (QED) is 0.554. The molecule has 6 nitrogen and oxygen atoms in total. The summed E-state index contributed by atoms with van der Waals surface area (Å²) in [6.45, 7) is 7.96. The molecule has 6 heteroatoms. The van der Waals surface area contributed by atoms with Crippen molar-refractivity contribution in [2.24, 2.45) is 0 Å². The van der Waals surface area contributed by atoms with Crippen molar-refractivity contribution in [3.05, 3.63) is 89.0 Å². The first-order valence-corrected chi connectivity index (χ1v) is 11.7. The molecular weight excluding hydrogens is 412 g/mol. The van der Waals surface area contributed by atoms with Crippen molar-refractivity contribution in [1.29, 1.82) is 0 Å². The smallest absolute Gasteiger partial charge is 0.254 e. The molecule has 2 aromatic carbocycles. The summed E-state index contributed by atoms with van der Waals surface area (Å²) < 4.78 is 5.54. The summed E-state index contributed by atoms with van der Waals surface area (Å²) in [5, 5.41) is 2.97. The molecule has 0 aliphatic carbocycles. The average molecular weight is 445 g/mol. The predicted octanol–water partition coefficient (Wildman–Crippen LogP) is 4.49. The predicted molar refractivity (Wildman–Crippen MR) is 129 cm³/mol. The first-order chi connectivity index (χ1) is 16.1. The number of aryl methyl sites for hydroxylation is 1. The number of benzene rings is 2. The van der Waals surface area contributed by atoms with Crippen molar-refractivity contribution >= 4 is 5.91 Å². The molecule has 0 bridgehead atoms. The van der Waals surface area contributed by atoms with E-state index < -0.39 is 0 Å². The van der Waals surface area contributed by atoms with Gasteiger partial charge in [-0.05, 0) is 56.5 Å². The number of likely N-dealkylation sites (tertiary alicyclic amines) is 1. The zero-order valence-corrected chi connectivity index (χ0v) is 19.5. The molecule has 1 aromatic heterocycles. The first kappa shape index (κ1) is 22.9. The summed E-state index contributed by atoms with van der Waals surface area (Å²) in [5.74, 6) is 1.89. The average Bonchev–Trinajstić information content (AvgIpc) is 2.85. The Morgan fingerprint density at radius 3 is 2.64 bits per heavy atom. The summed E-state index contributed by atoms with van der Waals surface area (Å²) in [5.41, 5.74) is 3.61. The molecule has 1 aliphatic heterocycles. The van der Waals surface area contributed by atoms with E-state index in [0.29, 0.717) is 18.7 Å². The number of ether oxygens (including phenoxy) is 1. The van der Waals surface area contributed by atoms with Gasteiger partial charge in [-0.1, -0.05) is 42.5 Å². The molecule has 3 aromatic rings. The molecule has 0 spiro atoms. The number of nitrogens with zero attached hydrogens (tertiary/aromatic N) is 3. The minimum atomic E-state index is -0.135. The van der Waals surface area contributed by atoms with Gasteiger partial charge in [0.2, 0.25) is 0 Å². The van der Waals surface area contributed by atoms with Crippen LogP contribution in [0.5, 0.6) is 5.75 Å². The molecule has 0 saturated carbocycles. The Morgan fingerprint density at radius 2 is 1.91 bits per heavy atom. The molecule has 1 saturated heterocycles. The Kier molecular flexibility index (Phi) is 7.68. The molecule has 1 aliphatic rings. The second-order valence-electron chi connectivity index (χ2n) is 8.55. The minimum Gasteiger partial charge on any atom is -0.494 e. The van der Waals surface area contributed by atoms with E-state index in [1.165, 1.54) is 5.56 Å². The van der Waals surface area contributed by atoms with Crippen LogP contribution in [0.1, 0.15) is 58.7 Å². The van der Waals surface area contributed by atoms with Crippen LogP contribution in [-0.4, -0.2) is 40.5 Å². The van der Waals surface area contributed by atoms with Gasteiger partial charge in [-0.3, -0.25) is 9.69 Å². The molecule has 0 radical (unpaired) electrons. The SMILES string of the molecule is CCOc1ccc(CN2CCC[C@H](c3ncc(C(=O)NCc4ccccc4)c(C)n3)C2)cc1. The van der Waals surface area contributed by atoms with Crippen molar-refractivity contribution in [2.45, 2.75) is 45.7 Å². The number of piperidine rings is 1. The van der Waals surface area contributed by atoms with Gasteiger partial charge >= 0.3 is 0 Å².